The summed E-state index contributed by atoms with van der Waals surface area (Å²) in [5.74, 6) is -0.648. The van der Waals surface area contributed by atoms with Crippen molar-refractivity contribution in [2.75, 3.05) is 30.0 Å². The predicted molar refractivity (Wildman–Crippen MR) is 95.8 cm³/mol. The maximum absolute atomic E-state index is 11.9. The Morgan fingerprint density at radius 3 is 2.50 bits per heavy atom. The third-order valence-electron chi connectivity index (χ3n) is 3.24. The number of hydrogen-bond acceptors (Lipinski definition) is 10. The summed E-state index contributed by atoms with van der Waals surface area (Å²) in [6, 6.07) is 12.2. The lowest BCUT2D eigenvalue weighted by atomic mass is 10.3. The predicted octanol–water partition coefficient (Wildman–Crippen LogP) is 0.760. The SMILES string of the molecule is N#CCN(CC#N)c1ncnc(NNC(=O)COc2ccccc2)c1[N+](=O)[O-]. The molecule has 28 heavy (non-hydrogen) atoms. The Hall–Kier alpha value is -4.45. The van der Waals surface area contributed by atoms with Crippen molar-refractivity contribution in [3.63, 3.8) is 0 Å². The van der Waals surface area contributed by atoms with Gasteiger partial charge in [-0.05, 0) is 12.1 Å². The molecular weight excluding hydrogens is 368 g/mol. The standard InChI is InChI=1S/C16H14N8O4/c17-6-8-23(9-7-18)16-14(24(26)27)15(19-11-20-16)22-21-13(25)10-28-12-4-2-1-3-5-12/h1-5,11H,8-10H2,(H,21,25)(H,19,20,22). The van der Waals surface area contributed by atoms with Crippen LogP contribution in [0.5, 0.6) is 5.75 Å². The van der Waals surface area contributed by atoms with Crippen molar-refractivity contribution >= 4 is 23.2 Å². The van der Waals surface area contributed by atoms with Gasteiger partial charge in [0.15, 0.2) is 6.61 Å². The summed E-state index contributed by atoms with van der Waals surface area (Å²) in [7, 11) is 0. The Balaban J connectivity index is 2.11. The number of hydrazine groups is 1. The fourth-order valence-corrected chi connectivity index (χ4v) is 2.07. The number of aromatic nitrogens is 2. The molecule has 1 heterocycles. The van der Waals surface area contributed by atoms with Gasteiger partial charge in [0.05, 0.1) is 17.1 Å². The molecular formula is C16H14N8O4. The summed E-state index contributed by atoms with van der Waals surface area (Å²) >= 11 is 0. The Kier molecular flexibility index (Phi) is 7.01. The monoisotopic (exact) mass is 382 g/mol. The summed E-state index contributed by atoms with van der Waals surface area (Å²) in [6.45, 7) is -0.915. The zero-order valence-corrected chi connectivity index (χ0v) is 14.4. The molecule has 2 N–H and O–H groups in total. The van der Waals surface area contributed by atoms with Crippen LogP contribution < -0.4 is 20.5 Å². The molecule has 0 saturated carbocycles. The minimum absolute atomic E-state index is 0.222. The Bertz CT molecular complexity index is 906. The van der Waals surface area contributed by atoms with Gasteiger partial charge in [-0.15, -0.1) is 0 Å². The number of amides is 1. The van der Waals surface area contributed by atoms with Gasteiger partial charge in [0, 0.05) is 0 Å². The molecule has 0 atom stereocenters. The maximum atomic E-state index is 11.9. The molecule has 1 aromatic heterocycles. The second-order valence-corrected chi connectivity index (χ2v) is 5.10. The minimum Gasteiger partial charge on any atom is -0.484 e. The smallest absolute Gasteiger partial charge is 0.355 e. The van der Waals surface area contributed by atoms with Crippen LogP contribution in [0, 0.1) is 32.8 Å². The minimum atomic E-state index is -0.772. The zero-order chi connectivity index (χ0) is 20.4. The molecule has 0 spiro atoms. The van der Waals surface area contributed by atoms with Crippen molar-refractivity contribution in [3.05, 3.63) is 46.8 Å². The zero-order valence-electron chi connectivity index (χ0n) is 14.4. The number of ether oxygens (including phenoxy) is 1. The number of carbonyl (C=O) groups is 1. The van der Waals surface area contributed by atoms with Crippen LogP contribution in [0.1, 0.15) is 0 Å². The Morgan fingerprint density at radius 2 is 1.89 bits per heavy atom. The number of hydrogen-bond donors (Lipinski definition) is 2. The van der Waals surface area contributed by atoms with Gasteiger partial charge in [-0.25, -0.2) is 9.97 Å². The molecule has 0 aliphatic carbocycles. The van der Waals surface area contributed by atoms with Crippen LogP contribution in [-0.2, 0) is 4.79 Å². The van der Waals surface area contributed by atoms with E-state index in [1.807, 2.05) is 0 Å². The molecule has 0 bridgehead atoms. The fourth-order valence-electron chi connectivity index (χ4n) is 2.07. The van der Waals surface area contributed by atoms with Crippen LogP contribution in [-0.4, -0.2) is 40.5 Å². The molecule has 0 aliphatic heterocycles. The van der Waals surface area contributed by atoms with E-state index in [0.717, 1.165) is 11.2 Å². The van der Waals surface area contributed by atoms with Crippen molar-refractivity contribution in [2.45, 2.75) is 0 Å². The molecule has 2 rings (SSSR count). The van der Waals surface area contributed by atoms with E-state index in [4.69, 9.17) is 15.3 Å². The third-order valence-corrected chi connectivity index (χ3v) is 3.24. The molecule has 1 aromatic carbocycles. The molecule has 0 saturated heterocycles. The van der Waals surface area contributed by atoms with Gasteiger partial charge < -0.3 is 9.64 Å². The van der Waals surface area contributed by atoms with Gasteiger partial charge in [0.1, 0.15) is 25.2 Å². The van der Waals surface area contributed by atoms with Crippen LogP contribution in [0.2, 0.25) is 0 Å². The first kappa shape index (κ1) is 19.9. The lowest BCUT2D eigenvalue weighted by Gasteiger charge is -2.17. The molecule has 12 heteroatoms. The second kappa shape index (κ2) is 9.88. The average Bonchev–Trinajstić information content (AvgIpc) is 2.71. The van der Waals surface area contributed by atoms with E-state index < -0.39 is 16.5 Å². The fraction of sp³-hybridized carbons (Fsp3) is 0.188. The summed E-state index contributed by atoms with van der Waals surface area (Å²) < 4.78 is 5.26. The van der Waals surface area contributed by atoms with Crippen LogP contribution in [0.4, 0.5) is 17.3 Å². The number of nitrogens with zero attached hydrogens (tertiary/aromatic N) is 6. The summed E-state index contributed by atoms with van der Waals surface area (Å²) in [4.78, 5) is 31.2. The van der Waals surface area contributed by atoms with Crippen LogP contribution in [0.3, 0.4) is 0 Å². The normalized spacial score (nSPS) is 9.50. The molecule has 0 unspecified atom stereocenters. The van der Waals surface area contributed by atoms with Crippen molar-refractivity contribution in [1.29, 1.82) is 10.5 Å². The number of nitrogens with one attached hydrogen (secondary N) is 2. The molecule has 142 valence electrons. The quantitative estimate of drug-likeness (QED) is 0.358. The molecule has 0 fully saturated rings. The highest BCUT2D eigenvalue weighted by Gasteiger charge is 2.27. The lowest BCUT2D eigenvalue weighted by molar-refractivity contribution is -0.383. The first-order chi connectivity index (χ1) is 13.6. The van der Waals surface area contributed by atoms with Crippen LogP contribution >= 0.6 is 0 Å². The van der Waals surface area contributed by atoms with E-state index in [9.17, 15) is 14.9 Å². The van der Waals surface area contributed by atoms with E-state index in [-0.39, 0.29) is 31.3 Å². The van der Waals surface area contributed by atoms with E-state index >= 15 is 0 Å². The summed E-state index contributed by atoms with van der Waals surface area (Å²) in [5, 5.41) is 29.2. The number of nitriles is 2. The number of carbonyl (C=O) groups excluding carboxylic acids is 1. The van der Waals surface area contributed by atoms with Gasteiger partial charge in [-0.2, -0.15) is 10.5 Å². The second-order valence-electron chi connectivity index (χ2n) is 5.10. The first-order valence-electron chi connectivity index (χ1n) is 7.77. The first-order valence-corrected chi connectivity index (χ1v) is 7.77. The topological polar surface area (TPSA) is 170 Å². The molecule has 0 aliphatic rings. The Labute approximate surface area is 159 Å². The van der Waals surface area contributed by atoms with Crippen LogP contribution in [0.25, 0.3) is 0 Å². The average molecular weight is 382 g/mol. The Morgan fingerprint density at radius 1 is 1.21 bits per heavy atom. The third kappa shape index (κ3) is 5.27. The lowest BCUT2D eigenvalue weighted by Crippen LogP contribution is -2.34. The largest absolute Gasteiger partial charge is 0.484 e. The van der Waals surface area contributed by atoms with Crippen molar-refractivity contribution in [2.24, 2.45) is 0 Å². The van der Waals surface area contributed by atoms with Crippen molar-refractivity contribution in [1.82, 2.24) is 15.4 Å². The van der Waals surface area contributed by atoms with Gasteiger partial charge in [0.25, 0.3) is 5.91 Å². The highest BCUT2D eigenvalue weighted by atomic mass is 16.6. The number of para-hydroxylation sites is 1. The maximum Gasteiger partial charge on any atom is 0.355 e. The van der Waals surface area contributed by atoms with Gasteiger partial charge >= 0.3 is 5.69 Å². The summed E-state index contributed by atoms with van der Waals surface area (Å²) in [5.41, 5.74) is 4.00. The highest BCUT2D eigenvalue weighted by Crippen LogP contribution is 2.31. The van der Waals surface area contributed by atoms with Gasteiger partial charge in [-0.1, -0.05) is 18.2 Å². The molecule has 12 nitrogen and oxygen atoms in total. The number of anilines is 2. The number of benzene rings is 1. The van der Waals surface area contributed by atoms with E-state index in [2.05, 4.69) is 20.8 Å². The van der Waals surface area contributed by atoms with Crippen molar-refractivity contribution < 1.29 is 14.5 Å². The van der Waals surface area contributed by atoms with E-state index in [1.54, 1.807) is 42.5 Å². The van der Waals surface area contributed by atoms with E-state index in [0.29, 0.717) is 5.75 Å². The number of nitro groups is 1. The van der Waals surface area contributed by atoms with Gasteiger partial charge in [-0.3, -0.25) is 25.8 Å². The summed E-state index contributed by atoms with van der Waals surface area (Å²) in [6.07, 6.45) is 1.01. The molecule has 0 radical (unpaired) electrons. The van der Waals surface area contributed by atoms with Crippen molar-refractivity contribution in [3.8, 4) is 17.9 Å². The van der Waals surface area contributed by atoms with Gasteiger partial charge in [0.2, 0.25) is 11.6 Å². The molecule has 1 amide bonds. The van der Waals surface area contributed by atoms with Crippen LogP contribution in [0.15, 0.2) is 36.7 Å². The number of rotatable bonds is 9. The highest BCUT2D eigenvalue weighted by molar-refractivity contribution is 5.80. The van der Waals surface area contributed by atoms with E-state index in [1.165, 1.54) is 0 Å². The molecule has 2 aromatic rings.